The summed E-state index contributed by atoms with van der Waals surface area (Å²) in [4.78, 5) is 12.1. The number of nitrogens with one attached hydrogen (secondary N) is 1. The van der Waals surface area contributed by atoms with Crippen LogP contribution in [0.5, 0.6) is 11.5 Å². The lowest BCUT2D eigenvalue weighted by molar-refractivity contribution is 0.104. The van der Waals surface area contributed by atoms with Crippen LogP contribution >= 0.6 is 11.6 Å². The normalized spacial score (nSPS) is 10.5. The molecule has 0 saturated carbocycles. The van der Waals surface area contributed by atoms with Crippen LogP contribution in [0.2, 0.25) is 5.02 Å². The third-order valence-corrected chi connectivity index (χ3v) is 3.21. The highest BCUT2D eigenvalue weighted by molar-refractivity contribution is 6.30. The summed E-state index contributed by atoms with van der Waals surface area (Å²) >= 11 is 5.89. The number of hydrogen-bond donors (Lipinski definition) is 1. The first kappa shape index (κ1) is 15.9. The van der Waals surface area contributed by atoms with Gasteiger partial charge in [-0.25, -0.2) is 0 Å². The van der Waals surface area contributed by atoms with Crippen molar-refractivity contribution >= 4 is 23.1 Å². The van der Waals surface area contributed by atoms with Gasteiger partial charge in [-0.2, -0.15) is 0 Å². The van der Waals surface area contributed by atoms with Gasteiger partial charge in [-0.15, -0.1) is 0 Å². The molecule has 0 aromatic heterocycles. The first-order valence-electron chi connectivity index (χ1n) is 6.59. The third-order valence-electron chi connectivity index (χ3n) is 2.98. The summed E-state index contributed by atoms with van der Waals surface area (Å²) in [5.41, 5.74) is 1.32. The van der Waals surface area contributed by atoms with Gasteiger partial charge in [-0.3, -0.25) is 4.79 Å². The van der Waals surface area contributed by atoms with Crippen LogP contribution in [0, 0.1) is 0 Å². The smallest absolute Gasteiger partial charge is 0.187 e. The van der Waals surface area contributed by atoms with E-state index in [2.05, 4.69) is 5.32 Å². The molecule has 0 spiro atoms. The molecule has 0 fully saturated rings. The number of hydrogen-bond acceptors (Lipinski definition) is 4. The molecule has 0 radical (unpaired) electrons. The van der Waals surface area contributed by atoms with Gasteiger partial charge in [0.15, 0.2) is 17.3 Å². The average Bonchev–Trinajstić information content (AvgIpc) is 2.54. The molecule has 1 N–H and O–H groups in total. The van der Waals surface area contributed by atoms with Crippen molar-refractivity contribution < 1.29 is 14.3 Å². The second-order valence-electron chi connectivity index (χ2n) is 4.42. The van der Waals surface area contributed by atoms with Crippen LogP contribution in [0.4, 0.5) is 5.69 Å². The van der Waals surface area contributed by atoms with E-state index < -0.39 is 0 Å². The molecule has 114 valence electrons. The highest BCUT2D eigenvalue weighted by atomic mass is 35.5. The number of allylic oxidation sites excluding steroid dienone is 1. The first-order chi connectivity index (χ1) is 10.6. The highest BCUT2D eigenvalue weighted by Crippen LogP contribution is 2.27. The Bertz CT molecular complexity index is 698. The fourth-order valence-corrected chi connectivity index (χ4v) is 2.07. The molecule has 0 aliphatic carbocycles. The van der Waals surface area contributed by atoms with Crippen LogP contribution in [-0.2, 0) is 0 Å². The zero-order valence-electron chi connectivity index (χ0n) is 12.3. The quantitative estimate of drug-likeness (QED) is 0.642. The van der Waals surface area contributed by atoms with Crippen molar-refractivity contribution in [2.24, 2.45) is 0 Å². The number of ether oxygens (including phenoxy) is 2. The monoisotopic (exact) mass is 317 g/mol. The molecule has 5 heteroatoms. The number of ketones is 1. The van der Waals surface area contributed by atoms with Crippen molar-refractivity contribution in [2.45, 2.75) is 0 Å². The minimum Gasteiger partial charge on any atom is -0.493 e. The van der Waals surface area contributed by atoms with Crippen molar-refractivity contribution in [3.05, 3.63) is 65.3 Å². The third kappa shape index (κ3) is 4.02. The maximum atomic E-state index is 12.1. The Morgan fingerprint density at radius 1 is 1.09 bits per heavy atom. The van der Waals surface area contributed by atoms with Gasteiger partial charge >= 0.3 is 0 Å². The Balaban J connectivity index is 2.07. The van der Waals surface area contributed by atoms with Gasteiger partial charge in [0.2, 0.25) is 0 Å². The molecule has 0 bridgehead atoms. The van der Waals surface area contributed by atoms with E-state index in [1.54, 1.807) is 43.6 Å². The number of carbonyl (C=O) groups excluding carboxylic acids is 1. The molecule has 2 rings (SSSR count). The van der Waals surface area contributed by atoms with Gasteiger partial charge in [-0.1, -0.05) is 17.7 Å². The minimum atomic E-state index is -0.143. The number of rotatable bonds is 6. The fraction of sp³-hybridized carbons (Fsp3) is 0.118. The van der Waals surface area contributed by atoms with Crippen LogP contribution in [-0.4, -0.2) is 20.0 Å². The maximum absolute atomic E-state index is 12.1. The molecule has 22 heavy (non-hydrogen) atoms. The second kappa shape index (κ2) is 7.52. The number of methoxy groups -OCH3 is 2. The lowest BCUT2D eigenvalue weighted by atomic mass is 10.1. The molecule has 2 aromatic carbocycles. The molecule has 4 nitrogen and oxygen atoms in total. The van der Waals surface area contributed by atoms with Crippen molar-refractivity contribution in [3.63, 3.8) is 0 Å². The van der Waals surface area contributed by atoms with E-state index in [9.17, 15) is 4.79 Å². The number of carbonyl (C=O) groups is 1. The molecule has 0 heterocycles. The molecular formula is C17H16ClNO3. The lowest BCUT2D eigenvalue weighted by Crippen LogP contribution is -1.98. The van der Waals surface area contributed by atoms with Crippen molar-refractivity contribution in [2.75, 3.05) is 19.5 Å². The molecule has 0 aliphatic heterocycles. The Labute approximate surface area is 134 Å². The van der Waals surface area contributed by atoms with E-state index in [-0.39, 0.29) is 5.78 Å². The van der Waals surface area contributed by atoms with Crippen LogP contribution in [0.15, 0.2) is 54.7 Å². The Hall–Kier alpha value is -2.46. The van der Waals surface area contributed by atoms with Crippen molar-refractivity contribution in [1.82, 2.24) is 0 Å². The number of benzene rings is 2. The standard InChI is InChI=1S/C17H16ClNO3/c1-21-16-7-6-12(10-17(16)22-2)15(20)8-9-19-14-5-3-4-13(18)11-14/h3-11,19H,1-2H3/b9-8+. The fourth-order valence-electron chi connectivity index (χ4n) is 1.88. The topological polar surface area (TPSA) is 47.6 Å². The van der Waals surface area contributed by atoms with Gasteiger partial charge in [0, 0.05) is 28.5 Å². The van der Waals surface area contributed by atoms with Gasteiger partial charge in [0.1, 0.15) is 0 Å². The lowest BCUT2D eigenvalue weighted by Gasteiger charge is -2.08. The summed E-state index contributed by atoms with van der Waals surface area (Å²) in [6.07, 6.45) is 3.02. The van der Waals surface area contributed by atoms with E-state index in [1.807, 2.05) is 12.1 Å². The predicted octanol–water partition coefficient (Wildman–Crippen LogP) is 4.17. The average molecular weight is 318 g/mol. The molecule has 0 aliphatic rings. The Morgan fingerprint density at radius 3 is 2.55 bits per heavy atom. The molecule has 0 amide bonds. The largest absolute Gasteiger partial charge is 0.493 e. The first-order valence-corrected chi connectivity index (χ1v) is 6.97. The van der Waals surface area contributed by atoms with Crippen LogP contribution in [0.25, 0.3) is 0 Å². The van der Waals surface area contributed by atoms with E-state index in [0.29, 0.717) is 22.1 Å². The highest BCUT2D eigenvalue weighted by Gasteiger charge is 2.08. The van der Waals surface area contributed by atoms with Gasteiger partial charge in [0.25, 0.3) is 0 Å². The van der Waals surface area contributed by atoms with Crippen molar-refractivity contribution in [3.8, 4) is 11.5 Å². The molecule has 0 atom stereocenters. The van der Waals surface area contributed by atoms with Crippen molar-refractivity contribution in [1.29, 1.82) is 0 Å². The van der Waals surface area contributed by atoms with Crippen LogP contribution in [0.1, 0.15) is 10.4 Å². The Morgan fingerprint density at radius 2 is 1.86 bits per heavy atom. The van der Waals surface area contributed by atoms with E-state index in [1.165, 1.54) is 13.2 Å². The zero-order valence-corrected chi connectivity index (χ0v) is 13.1. The summed E-state index contributed by atoms with van der Waals surface area (Å²) in [5.74, 6) is 0.958. The molecule has 0 saturated heterocycles. The Kier molecular flexibility index (Phi) is 5.44. The summed E-state index contributed by atoms with van der Waals surface area (Å²) in [7, 11) is 3.08. The predicted molar refractivity (Wildman–Crippen MR) is 88.1 cm³/mol. The number of halogens is 1. The van der Waals surface area contributed by atoms with E-state index in [0.717, 1.165) is 5.69 Å². The molecule has 0 unspecified atom stereocenters. The van der Waals surface area contributed by atoms with Crippen LogP contribution in [0.3, 0.4) is 0 Å². The van der Waals surface area contributed by atoms with E-state index >= 15 is 0 Å². The van der Waals surface area contributed by atoms with Gasteiger partial charge in [-0.05, 0) is 36.4 Å². The van der Waals surface area contributed by atoms with Gasteiger partial charge in [0.05, 0.1) is 14.2 Å². The van der Waals surface area contributed by atoms with E-state index in [4.69, 9.17) is 21.1 Å². The minimum absolute atomic E-state index is 0.143. The molecule has 2 aromatic rings. The van der Waals surface area contributed by atoms with Gasteiger partial charge < -0.3 is 14.8 Å². The zero-order chi connectivity index (χ0) is 15.9. The summed E-state index contributed by atoms with van der Waals surface area (Å²) in [6.45, 7) is 0. The summed E-state index contributed by atoms with van der Waals surface area (Å²) in [6, 6.07) is 12.3. The maximum Gasteiger partial charge on any atom is 0.187 e. The summed E-state index contributed by atoms with van der Waals surface area (Å²) in [5, 5.41) is 3.62. The van der Waals surface area contributed by atoms with Crippen LogP contribution < -0.4 is 14.8 Å². The SMILES string of the molecule is COc1ccc(C(=O)/C=C/Nc2cccc(Cl)c2)cc1OC. The molecular weight excluding hydrogens is 302 g/mol. The number of anilines is 1. The summed E-state index contributed by atoms with van der Waals surface area (Å²) < 4.78 is 10.3. The second-order valence-corrected chi connectivity index (χ2v) is 4.86.